The number of ether oxygens (including phenoxy) is 1. The largest absolute Gasteiger partial charge is 0.497 e. The van der Waals surface area contributed by atoms with E-state index in [1.807, 2.05) is 41.3 Å². The third-order valence-corrected chi connectivity index (χ3v) is 5.09. The second kappa shape index (κ2) is 9.80. The molecule has 0 radical (unpaired) electrons. The standard InChI is InChI=1S/C25H30N2O3/c1-25(2,29)14-12-20-4-6-21(7-5-20)18-26-15-13-24(28)27(17-16-26)19-22-8-10-23(30-3)11-9-22/h4-11,29H,13,15-19H2,1-3H3. The summed E-state index contributed by atoms with van der Waals surface area (Å²) in [6.45, 7) is 7.12. The molecular formula is C25H30N2O3. The lowest BCUT2D eigenvalue weighted by atomic mass is 10.1. The monoisotopic (exact) mass is 406 g/mol. The lowest BCUT2D eigenvalue weighted by Gasteiger charge is -2.22. The van der Waals surface area contributed by atoms with Crippen molar-refractivity contribution in [1.29, 1.82) is 0 Å². The molecule has 2 aromatic carbocycles. The normalized spacial score (nSPS) is 15.3. The number of aliphatic hydroxyl groups is 1. The van der Waals surface area contributed by atoms with E-state index in [1.54, 1.807) is 21.0 Å². The van der Waals surface area contributed by atoms with Crippen LogP contribution in [-0.4, -0.2) is 53.2 Å². The van der Waals surface area contributed by atoms with Crippen LogP contribution >= 0.6 is 0 Å². The highest BCUT2D eigenvalue weighted by molar-refractivity contribution is 5.76. The highest BCUT2D eigenvalue weighted by atomic mass is 16.5. The van der Waals surface area contributed by atoms with Crippen LogP contribution in [0.15, 0.2) is 48.5 Å². The summed E-state index contributed by atoms with van der Waals surface area (Å²) in [7, 11) is 1.65. The first kappa shape index (κ1) is 21.9. The highest BCUT2D eigenvalue weighted by Crippen LogP contribution is 2.16. The summed E-state index contributed by atoms with van der Waals surface area (Å²) < 4.78 is 5.20. The van der Waals surface area contributed by atoms with Gasteiger partial charge in [-0.3, -0.25) is 9.69 Å². The summed E-state index contributed by atoms with van der Waals surface area (Å²) in [5, 5.41) is 9.72. The minimum Gasteiger partial charge on any atom is -0.497 e. The van der Waals surface area contributed by atoms with Gasteiger partial charge in [0.25, 0.3) is 0 Å². The fourth-order valence-corrected chi connectivity index (χ4v) is 3.36. The Morgan fingerprint density at radius 2 is 1.60 bits per heavy atom. The molecule has 0 bridgehead atoms. The molecular weight excluding hydrogens is 376 g/mol. The Morgan fingerprint density at radius 3 is 2.23 bits per heavy atom. The lowest BCUT2D eigenvalue weighted by molar-refractivity contribution is -0.130. The Balaban J connectivity index is 1.56. The van der Waals surface area contributed by atoms with Crippen molar-refractivity contribution in [2.45, 2.75) is 39.0 Å². The van der Waals surface area contributed by atoms with Crippen LogP contribution in [0.2, 0.25) is 0 Å². The molecule has 1 saturated heterocycles. The second-order valence-electron chi connectivity index (χ2n) is 8.20. The topological polar surface area (TPSA) is 53.0 Å². The maximum absolute atomic E-state index is 12.6. The highest BCUT2D eigenvalue weighted by Gasteiger charge is 2.21. The molecule has 0 unspecified atom stereocenters. The van der Waals surface area contributed by atoms with E-state index >= 15 is 0 Å². The van der Waals surface area contributed by atoms with Gasteiger partial charge >= 0.3 is 0 Å². The van der Waals surface area contributed by atoms with Crippen molar-refractivity contribution >= 4 is 5.91 Å². The van der Waals surface area contributed by atoms with Gasteiger partial charge in [0, 0.05) is 44.7 Å². The van der Waals surface area contributed by atoms with Gasteiger partial charge in [-0.15, -0.1) is 0 Å². The molecule has 5 nitrogen and oxygen atoms in total. The summed E-state index contributed by atoms with van der Waals surface area (Å²) in [6.07, 6.45) is 0.533. The first-order chi connectivity index (χ1) is 14.3. The van der Waals surface area contributed by atoms with Crippen LogP contribution in [0.3, 0.4) is 0 Å². The molecule has 1 heterocycles. The van der Waals surface area contributed by atoms with Gasteiger partial charge in [-0.25, -0.2) is 0 Å². The van der Waals surface area contributed by atoms with E-state index < -0.39 is 5.60 Å². The molecule has 0 spiro atoms. The molecule has 0 atom stereocenters. The lowest BCUT2D eigenvalue weighted by Crippen LogP contribution is -2.32. The molecule has 30 heavy (non-hydrogen) atoms. The van der Waals surface area contributed by atoms with E-state index in [-0.39, 0.29) is 5.91 Å². The average molecular weight is 407 g/mol. The van der Waals surface area contributed by atoms with Crippen LogP contribution < -0.4 is 4.74 Å². The van der Waals surface area contributed by atoms with Gasteiger partial charge in [0.2, 0.25) is 5.91 Å². The molecule has 1 aliphatic heterocycles. The number of hydrogen-bond donors (Lipinski definition) is 1. The predicted octanol–water partition coefficient (Wildman–Crippen LogP) is 3.05. The Labute approximate surface area is 179 Å². The molecule has 0 aromatic heterocycles. The number of hydrogen-bond acceptors (Lipinski definition) is 4. The van der Waals surface area contributed by atoms with Gasteiger partial charge < -0.3 is 14.7 Å². The first-order valence-corrected chi connectivity index (χ1v) is 10.3. The van der Waals surface area contributed by atoms with E-state index in [0.717, 1.165) is 43.1 Å². The Bertz CT molecular complexity index is 903. The number of amides is 1. The summed E-state index contributed by atoms with van der Waals surface area (Å²) in [5.74, 6) is 6.85. The second-order valence-corrected chi connectivity index (χ2v) is 8.20. The maximum atomic E-state index is 12.6. The maximum Gasteiger partial charge on any atom is 0.224 e. The zero-order chi connectivity index (χ0) is 21.6. The van der Waals surface area contributed by atoms with Crippen molar-refractivity contribution in [3.63, 3.8) is 0 Å². The van der Waals surface area contributed by atoms with Crippen molar-refractivity contribution in [3.05, 3.63) is 65.2 Å². The number of rotatable bonds is 5. The van der Waals surface area contributed by atoms with E-state index in [1.165, 1.54) is 5.56 Å². The molecule has 158 valence electrons. The SMILES string of the molecule is COc1ccc(CN2CCN(Cc3ccc(C#CC(C)(C)O)cc3)CCC2=O)cc1. The van der Waals surface area contributed by atoms with E-state index in [9.17, 15) is 9.90 Å². The average Bonchev–Trinajstić information content (AvgIpc) is 2.89. The van der Waals surface area contributed by atoms with Gasteiger partial charge in [-0.1, -0.05) is 36.1 Å². The van der Waals surface area contributed by atoms with Gasteiger partial charge in [0.05, 0.1) is 7.11 Å². The van der Waals surface area contributed by atoms with Crippen molar-refractivity contribution in [1.82, 2.24) is 9.80 Å². The fraction of sp³-hybridized carbons (Fsp3) is 0.400. The smallest absolute Gasteiger partial charge is 0.224 e. The minimum atomic E-state index is -0.991. The van der Waals surface area contributed by atoms with Crippen LogP contribution in [0, 0.1) is 11.8 Å². The summed E-state index contributed by atoms with van der Waals surface area (Å²) in [4.78, 5) is 16.8. The molecule has 1 N–H and O–H groups in total. The number of carbonyl (C=O) groups excluding carboxylic acids is 1. The van der Waals surface area contributed by atoms with Crippen molar-refractivity contribution in [3.8, 4) is 17.6 Å². The number of carbonyl (C=O) groups is 1. The number of benzene rings is 2. The molecule has 1 amide bonds. The number of methoxy groups -OCH3 is 1. The summed E-state index contributed by atoms with van der Waals surface area (Å²) in [5.41, 5.74) is 2.20. The quantitative estimate of drug-likeness (QED) is 0.776. The van der Waals surface area contributed by atoms with E-state index in [4.69, 9.17) is 4.74 Å². The van der Waals surface area contributed by atoms with Crippen LogP contribution in [0.25, 0.3) is 0 Å². The van der Waals surface area contributed by atoms with Gasteiger partial charge in [-0.05, 0) is 49.2 Å². The molecule has 5 heteroatoms. The molecule has 1 aliphatic rings. The third-order valence-electron chi connectivity index (χ3n) is 5.09. The van der Waals surface area contributed by atoms with Crippen LogP contribution in [-0.2, 0) is 17.9 Å². The molecule has 0 aliphatic carbocycles. The molecule has 1 fully saturated rings. The first-order valence-electron chi connectivity index (χ1n) is 10.3. The van der Waals surface area contributed by atoms with Crippen LogP contribution in [0.4, 0.5) is 0 Å². The molecule has 0 saturated carbocycles. The number of nitrogens with zero attached hydrogens (tertiary/aromatic N) is 2. The van der Waals surface area contributed by atoms with E-state index in [0.29, 0.717) is 13.0 Å². The zero-order valence-corrected chi connectivity index (χ0v) is 18.0. The van der Waals surface area contributed by atoms with Crippen LogP contribution in [0.5, 0.6) is 5.75 Å². The Morgan fingerprint density at radius 1 is 0.967 bits per heavy atom. The minimum absolute atomic E-state index is 0.200. The van der Waals surface area contributed by atoms with Gasteiger partial charge in [0.1, 0.15) is 11.4 Å². The van der Waals surface area contributed by atoms with Crippen molar-refractivity contribution in [2.24, 2.45) is 0 Å². The van der Waals surface area contributed by atoms with E-state index in [2.05, 4.69) is 28.9 Å². The van der Waals surface area contributed by atoms with Gasteiger partial charge in [-0.2, -0.15) is 0 Å². The van der Waals surface area contributed by atoms with Crippen molar-refractivity contribution in [2.75, 3.05) is 26.7 Å². The van der Waals surface area contributed by atoms with Crippen molar-refractivity contribution < 1.29 is 14.6 Å². The molecule has 2 aromatic rings. The Kier molecular flexibility index (Phi) is 7.15. The molecule has 3 rings (SSSR count). The summed E-state index contributed by atoms with van der Waals surface area (Å²) >= 11 is 0. The third kappa shape index (κ3) is 6.62. The fourth-order valence-electron chi connectivity index (χ4n) is 3.36. The zero-order valence-electron chi connectivity index (χ0n) is 18.0. The predicted molar refractivity (Wildman–Crippen MR) is 118 cm³/mol. The Hall–Kier alpha value is -2.81. The van der Waals surface area contributed by atoms with Crippen LogP contribution in [0.1, 0.15) is 37.0 Å². The summed E-state index contributed by atoms with van der Waals surface area (Å²) in [6, 6.07) is 16.0. The van der Waals surface area contributed by atoms with Gasteiger partial charge in [0.15, 0.2) is 0 Å².